The summed E-state index contributed by atoms with van der Waals surface area (Å²) in [6, 6.07) is 23.6. The molecule has 1 saturated heterocycles. The lowest BCUT2D eigenvalue weighted by atomic mass is 9.97. The van der Waals surface area contributed by atoms with Crippen molar-refractivity contribution in [2.75, 3.05) is 19.7 Å². The highest BCUT2D eigenvalue weighted by atomic mass is 16.5. The zero-order valence-corrected chi connectivity index (χ0v) is 16.4. The molecule has 0 bridgehead atoms. The number of rotatable bonds is 5. The minimum absolute atomic E-state index is 0.104. The smallest absolute Gasteiger partial charge is 0.253 e. The van der Waals surface area contributed by atoms with Gasteiger partial charge in [0.15, 0.2) is 0 Å². The molecule has 29 heavy (non-hydrogen) atoms. The second-order valence-corrected chi connectivity index (χ2v) is 7.65. The normalized spacial score (nSPS) is 16.5. The average molecular weight is 384 g/mol. The van der Waals surface area contributed by atoms with Crippen molar-refractivity contribution in [3.63, 3.8) is 0 Å². The van der Waals surface area contributed by atoms with Crippen LogP contribution in [-0.4, -0.2) is 30.5 Å². The van der Waals surface area contributed by atoms with Crippen molar-refractivity contribution >= 4 is 16.7 Å². The quantitative estimate of drug-likeness (QED) is 0.636. The van der Waals surface area contributed by atoms with Gasteiger partial charge in [-0.2, -0.15) is 5.26 Å². The molecule has 4 nitrogen and oxygen atoms in total. The van der Waals surface area contributed by atoms with Gasteiger partial charge in [0.25, 0.3) is 5.91 Å². The Hall–Kier alpha value is -3.16. The number of likely N-dealkylation sites (tertiary alicyclic amines) is 1. The van der Waals surface area contributed by atoms with Crippen molar-refractivity contribution < 1.29 is 9.53 Å². The van der Waals surface area contributed by atoms with Crippen LogP contribution < -0.4 is 0 Å². The Labute approximate surface area is 171 Å². The first kappa shape index (κ1) is 19.2. The van der Waals surface area contributed by atoms with E-state index in [0.29, 0.717) is 24.7 Å². The van der Waals surface area contributed by atoms with Crippen LogP contribution in [-0.2, 0) is 11.3 Å². The number of benzene rings is 3. The molecule has 146 valence electrons. The number of ether oxygens (including phenoxy) is 1. The second kappa shape index (κ2) is 8.89. The fraction of sp³-hybridized carbons (Fsp3) is 0.280. The van der Waals surface area contributed by atoms with E-state index in [1.165, 1.54) is 0 Å². The summed E-state index contributed by atoms with van der Waals surface area (Å²) in [7, 11) is 0. The molecule has 4 heteroatoms. The zero-order chi connectivity index (χ0) is 20.1. The zero-order valence-electron chi connectivity index (χ0n) is 16.4. The van der Waals surface area contributed by atoms with E-state index in [9.17, 15) is 4.79 Å². The molecule has 1 aliphatic rings. The third-order valence-corrected chi connectivity index (χ3v) is 5.51. The van der Waals surface area contributed by atoms with Crippen molar-refractivity contribution in [2.45, 2.75) is 19.4 Å². The molecule has 1 atom stereocenters. The minimum atomic E-state index is 0.104. The first-order valence-electron chi connectivity index (χ1n) is 10.1. The van der Waals surface area contributed by atoms with Gasteiger partial charge in [0.05, 0.1) is 24.8 Å². The number of carbonyl (C=O) groups is 1. The monoisotopic (exact) mass is 384 g/mol. The van der Waals surface area contributed by atoms with Gasteiger partial charge in [-0.05, 0) is 59.4 Å². The number of piperidine rings is 1. The summed E-state index contributed by atoms with van der Waals surface area (Å²) in [4.78, 5) is 15.0. The van der Waals surface area contributed by atoms with Gasteiger partial charge in [-0.15, -0.1) is 0 Å². The predicted octanol–water partition coefficient (Wildman–Crippen LogP) is 4.78. The number of nitrogens with zero attached hydrogens (tertiary/aromatic N) is 2. The molecule has 4 rings (SSSR count). The molecule has 1 fully saturated rings. The summed E-state index contributed by atoms with van der Waals surface area (Å²) in [5.74, 6) is 0.457. The highest BCUT2D eigenvalue weighted by molar-refractivity contribution is 5.98. The lowest BCUT2D eigenvalue weighted by Gasteiger charge is -2.32. The number of amides is 1. The summed E-state index contributed by atoms with van der Waals surface area (Å²) in [5.41, 5.74) is 2.47. The largest absolute Gasteiger partial charge is 0.376 e. The van der Waals surface area contributed by atoms with Gasteiger partial charge in [-0.1, -0.05) is 42.5 Å². The average Bonchev–Trinajstić information content (AvgIpc) is 2.79. The highest BCUT2D eigenvalue weighted by Crippen LogP contribution is 2.22. The highest BCUT2D eigenvalue weighted by Gasteiger charge is 2.24. The summed E-state index contributed by atoms with van der Waals surface area (Å²) >= 11 is 0. The minimum Gasteiger partial charge on any atom is -0.376 e. The van der Waals surface area contributed by atoms with E-state index in [1.54, 1.807) is 0 Å². The van der Waals surface area contributed by atoms with Gasteiger partial charge in [-0.3, -0.25) is 4.79 Å². The first-order chi connectivity index (χ1) is 14.2. The van der Waals surface area contributed by atoms with Crippen LogP contribution >= 0.6 is 0 Å². The molecular formula is C25H24N2O2. The lowest BCUT2D eigenvalue weighted by Crippen LogP contribution is -2.41. The molecule has 3 aromatic rings. The predicted molar refractivity (Wildman–Crippen MR) is 113 cm³/mol. The molecular weight excluding hydrogens is 360 g/mol. The standard InChI is InChI=1S/C25H24N2O2/c26-15-19-7-9-20(10-8-19)17-29-18-21-4-3-13-27(16-21)25(28)24-12-11-22-5-1-2-6-23(22)14-24/h1-2,5-12,14,21H,3-4,13,16-18H2. The Balaban J connectivity index is 1.33. The molecule has 1 heterocycles. The maximum Gasteiger partial charge on any atom is 0.253 e. The number of fused-ring (bicyclic) bond motifs is 1. The Morgan fingerprint density at radius 1 is 1.07 bits per heavy atom. The van der Waals surface area contributed by atoms with Gasteiger partial charge in [0.2, 0.25) is 0 Å². The Kier molecular flexibility index (Phi) is 5.88. The summed E-state index contributed by atoms with van der Waals surface area (Å²) in [6.07, 6.45) is 2.08. The molecule has 3 aromatic carbocycles. The number of carbonyl (C=O) groups excluding carboxylic acids is 1. The Bertz CT molecular complexity index is 1040. The third kappa shape index (κ3) is 4.64. The van der Waals surface area contributed by atoms with Gasteiger partial charge in [0, 0.05) is 18.7 Å². The second-order valence-electron chi connectivity index (χ2n) is 7.65. The van der Waals surface area contributed by atoms with Crippen LogP contribution in [0.5, 0.6) is 0 Å². The Morgan fingerprint density at radius 3 is 2.66 bits per heavy atom. The molecule has 0 spiro atoms. The lowest BCUT2D eigenvalue weighted by molar-refractivity contribution is 0.0426. The summed E-state index contributed by atoms with van der Waals surface area (Å²) in [6.45, 7) is 2.71. The van der Waals surface area contributed by atoms with Crippen molar-refractivity contribution in [3.8, 4) is 6.07 Å². The van der Waals surface area contributed by atoms with Gasteiger partial charge >= 0.3 is 0 Å². The van der Waals surface area contributed by atoms with E-state index < -0.39 is 0 Å². The van der Waals surface area contributed by atoms with Crippen molar-refractivity contribution in [1.29, 1.82) is 5.26 Å². The van der Waals surface area contributed by atoms with Crippen LogP contribution in [0.25, 0.3) is 10.8 Å². The van der Waals surface area contributed by atoms with Crippen LogP contribution in [0, 0.1) is 17.2 Å². The van der Waals surface area contributed by atoms with Crippen molar-refractivity contribution in [2.24, 2.45) is 5.92 Å². The van der Waals surface area contributed by atoms with Gasteiger partial charge < -0.3 is 9.64 Å². The van der Waals surface area contributed by atoms with Crippen LogP contribution in [0.1, 0.15) is 34.3 Å². The molecule has 1 unspecified atom stereocenters. The summed E-state index contributed by atoms with van der Waals surface area (Å²) in [5, 5.41) is 11.1. The molecule has 0 saturated carbocycles. The van der Waals surface area contributed by atoms with Gasteiger partial charge in [-0.25, -0.2) is 0 Å². The van der Waals surface area contributed by atoms with E-state index in [4.69, 9.17) is 10.00 Å². The molecule has 0 aromatic heterocycles. The molecule has 1 amide bonds. The SMILES string of the molecule is N#Cc1ccc(COCC2CCCN(C(=O)c3ccc4ccccc4c3)C2)cc1. The maximum atomic E-state index is 13.0. The molecule has 0 radical (unpaired) electrons. The topological polar surface area (TPSA) is 53.3 Å². The van der Waals surface area contributed by atoms with E-state index in [2.05, 4.69) is 12.1 Å². The Morgan fingerprint density at radius 2 is 1.86 bits per heavy atom. The fourth-order valence-electron chi connectivity index (χ4n) is 3.91. The fourth-order valence-corrected chi connectivity index (χ4v) is 3.91. The van der Waals surface area contributed by atoms with E-state index >= 15 is 0 Å². The van der Waals surface area contributed by atoms with Crippen LogP contribution in [0.4, 0.5) is 0 Å². The van der Waals surface area contributed by atoms with Crippen molar-refractivity contribution in [1.82, 2.24) is 4.90 Å². The van der Waals surface area contributed by atoms with Crippen LogP contribution in [0.3, 0.4) is 0 Å². The van der Waals surface area contributed by atoms with Crippen LogP contribution in [0.15, 0.2) is 66.7 Å². The maximum absolute atomic E-state index is 13.0. The van der Waals surface area contributed by atoms with E-state index in [-0.39, 0.29) is 5.91 Å². The molecule has 1 aliphatic heterocycles. The third-order valence-electron chi connectivity index (χ3n) is 5.51. The van der Waals surface area contributed by atoms with E-state index in [0.717, 1.165) is 47.8 Å². The van der Waals surface area contributed by atoms with E-state index in [1.807, 2.05) is 65.6 Å². The number of hydrogen-bond donors (Lipinski definition) is 0. The summed E-state index contributed by atoms with van der Waals surface area (Å²) < 4.78 is 5.90. The number of hydrogen-bond acceptors (Lipinski definition) is 3. The molecule has 0 aliphatic carbocycles. The van der Waals surface area contributed by atoms with Crippen LogP contribution in [0.2, 0.25) is 0 Å². The van der Waals surface area contributed by atoms with Gasteiger partial charge in [0.1, 0.15) is 0 Å². The molecule has 0 N–H and O–H groups in total. The first-order valence-corrected chi connectivity index (χ1v) is 10.1. The number of nitriles is 1. The van der Waals surface area contributed by atoms with Crippen molar-refractivity contribution in [3.05, 3.63) is 83.4 Å².